The van der Waals surface area contributed by atoms with Crippen molar-refractivity contribution in [2.24, 2.45) is 0 Å². The van der Waals surface area contributed by atoms with Gasteiger partial charge in [0.1, 0.15) is 0 Å². The molecule has 0 spiro atoms. The molecule has 11 rings (SSSR count). The third-order valence-electron chi connectivity index (χ3n) is 11.1. The summed E-state index contributed by atoms with van der Waals surface area (Å²) in [5.74, 6) is 0. The predicted octanol–water partition coefficient (Wildman–Crippen LogP) is 14.0. The van der Waals surface area contributed by atoms with Crippen LogP contribution in [0.15, 0.2) is 206 Å². The lowest BCUT2D eigenvalue weighted by Gasteiger charge is -2.17. The summed E-state index contributed by atoms with van der Waals surface area (Å²) in [5.41, 5.74) is 14.3. The van der Waals surface area contributed by atoms with Crippen LogP contribution in [0.3, 0.4) is 0 Å². The molecular formula is C52H34N2. The van der Waals surface area contributed by atoms with Gasteiger partial charge in [0.25, 0.3) is 0 Å². The standard InChI is InChI=1S/C52H34N2/c1-3-16-35(17-4-1)38-32-39(36-18-5-2-6-19-36)34-40(33-38)53-49-29-11-9-23-42(49)44-25-14-27-46(51(44)53)47-28-15-26-45-43-24-10-12-30-50(43)54(52(45)47)48-31-13-21-37-20-7-8-22-41(37)48/h1-34H. The van der Waals surface area contributed by atoms with E-state index in [9.17, 15) is 0 Å². The first-order valence-corrected chi connectivity index (χ1v) is 18.6. The number of para-hydroxylation sites is 4. The second-order valence-corrected chi connectivity index (χ2v) is 14.1. The van der Waals surface area contributed by atoms with Crippen LogP contribution in [0.2, 0.25) is 0 Å². The molecule has 54 heavy (non-hydrogen) atoms. The average Bonchev–Trinajstić information content (AvgIpc) is 3.77. The fraction of sp³-hybridized carbons (Fsp3) is 0. The lowest BCUT2D eigenvalue weighted by atomic mass is 9.97. The van der Waals surface area contributed by atoms with Gasteiger partial charge in [-0.05, 0) is 64.0 Å². The third-order valence-corrected chi connectivity index (χ3v) is 11.1. The molecule has 0 unspecified atom stereocenters. The normalized spacial score (nSPS) is 11.7. The van der Waals surface area contributed by atoms with Gasteiger partial charge in [-0.2, -0.15) is 0 Å². The van der Waals surface area contributed by atoms with Crippen LogP contribution < -0.4 is 0 Å². The van der Waals surface area contributed by atoms with Gasteiger partial charge >= 0.3 is 0 Å². The zero-order chi connectivity index (χ0) is 35.6. The molecule has 11 aromatic rings. The van der Waals surface area contributed by atoms with E-state index in [-0.39, 0.29) is 0 Å². The van der Waals surface area contributed by atoms with Gasteiger partial charge in [-0.25, -0.2) is 0 Å². The quantitative estimate of drug-likeness (QED) is 0.171. The summed E-state index contributed by atoms with van der Waals surface area (Å²) in [5, 5.41) is 7.43. The van der Waals surface area contributed by atoms with E-state index in [1.165, 1.54) is 93.5 Å². The number of benzene rings is 9. The number of rotatable bonds is 5. The van der Waals surface area contributed by atoms with E-state index in [1.54, 1.807) is 0 Å². The molecule has 0 aliphatic rings. The lowest BCUT2D eigenvalue weighted by molar-refractivity contribution is 1.18. The van der Waals surface area contributed by atoms with Crippen LogP contribution in [-0.4, -0.2) is 9.13 Å². The first-order chi connectivity index (χ1) is 26.8. The van der Waals surface area contributed by atoms with Crippen molar-refractivity contribution >= 4 is 54.4 Å². The van der Waals surface area contributed by atoms with Crippen molar-refractivity contribution in [1.29, 1.82) is 0 Å². The largest absolute Gasteiger partial charge is 0.309 e. The fourth-order valence-electron chi connectivity index (χ4n) is 8.73. The Hall–Kier alpha value is -7.16. The molecule has 0 radical (unpaired) electrons. The van der Waals surface area contributed by atoms with Crippen molar-refractivity contribution < 1.29 is 0 Å². The molecule has 0 amide bonds. The number of fused-ring (bicyclic) bond motifs is 7. The van der Waals surface area contributed by atoms with E-state index >= 15 is 0 Å². The van der Waals surface area contributed by atoms with Crippen molar-refractivity contribution in [2.75, 3.05) is 0 Å². The summed E-state index contributed by atoms with van der Waals surface area (Å²) in [7, 11) is 0. The average molecular weight is 687 g/mol. The van der Waals surface area contributed by atoms with Gasteiger partial charge in [0.2, 0.25) is 0 Å². The zero-order valence-electron chi connectivity index (χ0n) is 29.5. The molecule has 252 valence electrons. The molecule has 2 heteroatoms. The summed E-state index contributed by atoms with van der Waals surface area (Å²) < 4.78 is 5.00. The van der Waals surface area contributed by atoms with E-state index < -0.39 is 0 Å². The van der Waals surface area contributed by atoms with Crippen molar-refractivity contribution in [3.05, 3.63) is 206 Å². The van der Waals surface area contributed by atoms with Crippen LogP contribution in [0.1, 0.15) is 0 Å². The molecule has 0 N–H and O–H groups in total. The minimum Gasteiger partial charge on any atom is -0.309 e. The molecule has 0 bridgehead atoms. The van der Waals surface area contributed by atoms with E-state index in [4.69, 9.17) is 0 Å². The summed E-state index contributed by atoms with van der Waals surface area (Å²) in [4.78, 5) is 0. The van der Waals surface area contributed by atoms with Crippen LogP contribution in [-0.2, 0) is 0 Å². The van der Waals surface area contributed by atoms with Crippen LogP contribution in [0.25, 0.3) is 99.1 Å². The fourth-order valence-corrected chi connectivity index (χ4v) is 8.73. The number of hydrogen-bond acceptors (Lipinski definition) is 0. The van der Waals surface area contributed by atoms with Crippen LogP contribution in [0.5, 0.6) is 0 Å². The Morgan fingerprint density at radius 1 is 0.278 bits per heavy atom. The first kappa shape index (κ1) is 30.5. The minimum absolute atomic E-state index is 1.13. The maximum Gasteiger partial charge on any atom is 0.0620 e. The molecule has 2 nitrogen and oxygen atoms in total. The highest BCUT2D eigenvalue weighted by atomic mass is 15.0. The monoisotopic (exact) mass is 686 g/mol. The summed E-state index contributed by atoms with van der Waals surface area (Å²) in [6, 6.07) is 75.3. The molecular weight excluding hydrogens is 653 g/mol. The molecule has 0 saturated carbocycles. The van der Waals surface area contributed by atoms with Crippen LogP contribution >= 0.6 is 0 Å². The van der Waals surface area contributed by atoms with Gasteiger partial charge in [-0.1, -0.05) is 170 Å². The Bertz CT molecular complexity index is 3140. The first-order valence-electron chi connectivity index (χ1n) is 18.6. The van der Waals surface area contributed by atoms with Crippen molar-refractivity contribution in [3.8, 4) is 44.8 Å². The summed E-state index contributed by atoms with van der Waals surface area (Å²) in [6.07, 6.45) is 0. The van der Waals surface area contributed by atoms with E-state index in [2.05, 4.69) is 215 Å². The minimum atomic E-state index is 1.13. The molecule has 0 saturated heterocycles. The molecule has 2 aromatic heterocycles. The van der Waals surface area contributed by atoms with E-state index in [0.717, 1.165) is 5.69 Å². The van der Waals surface area contributed by atoms with Gasteiger partial charge in [0.15, 0.2) is 0 Å². The smallest absolute Gasteiger partial charge is 0.0620 e. The van der Waals surface area contributed by atoms with Crippen LogP contribution in [0, 0.1) is 0 Å². The van der Waals surface area contributed by atoms with Gasteiger partial charge in [0.05, 0.1) is 27.8 Å². The third kappa shape index (κ3) is 4.67. The molecule has 0 aliphatic carbocycles. The zero-order valence-corrected chi connectivity index (χ0v) is 29.5. The van der Waals surface area contributed by atoms with Gasteiger partial charge < -0.3 is 9.13 Å². The highest BCUT2D eigenvalue weighted by molar-refractivity contribution is 6.19. The van der Waals surface area contributed by atoms with Crippen LogP contribution in [0.4, 0.5) is 0 Å². The van der Waals surface area contributed by atoms with E-state index in [0.29, 0.717) is 0 Å². The van der Waals surface area contributed by atoms with Crippen molar-refractivity contribution in [1.82, 2.24) is 9.13 Å². The van der Waals surface area contributed by atoms with E-state index in [1.807, 2.05) is 0 Å². The van der Waals surface area contributed by atoms with Gasteiger partial charge in [-0.15, -0.1) is 0 Å². The predicted molar refractivity (Wildman–Crippen MR) is 229 cm³/mol. The van der Waals surface area contributed by atoms with Gasteiger partial charge in [0, 0.05) is 43.7 Å². The Kier molecular flexibility index (Phi) is 6.90. The maximum absolute atomic E-state index is 2.50. The Balaban J connectivity index is 1.27. The topological polar surface area (TPSA) is 9.86 Å². The summed E-state index contributed by atoms with van der Waals surface area (Å²) >= 11 is 0. The molecule has 2 heterocycles. The second-order valence-electron chi connectivity index (χ2n) is 14.1. The molecule has 9 aromatic carbocycles. The highest BCUT2D eigenvalue weighted by Crippen LogP contribution is 2.44. The maximum atomic E-state index is 2.50. The number of nitrogens with zero attached hydrogens (tertiary/aromatic N) is 2. The number of aromatic nitrogens is 2. The van der Waals surface area contributed by atoms with Crippen molar-refractivity contribution in [3.63, 3.8) is 0 Å². The summed E-state index contributed by atoms with van der Waals surface area (Å²) in [6.45, 7) is 0. The van der Waals surface area contributed by atoms with Crippen molar-refractivity contribution in [2.45, 2.75) is 0 Å². The Morgan fingerprint density at radius 3 is 1.33 bits per heavy atom. The Morgan fingerprint density at radius 2 is 0.722 bits per heavy atom. The second kappa shape index (κ2) is 12.2. The highest BCUT2D eigenvalue weighted by Gasteiger charge is 2.22. The van der Waals surface area contributed by atoms with Gasteiger partial charge in [-0.3, -0.25) is 0 Å². The molecule has 0 fully saturated rings. The number of hydrogen-bond donors (Lipinski definition) is 0. The Labute approximate surface area is 313 Å². The molecule has 0 aliphatic heterocycles. The SMILES string of the molecule is c1ccc(-c2cc(-c3ccccc3)cc(-n3c4ccccc4c4cccc(-c5cccc6c7ccccc7n(-c7cccc8ccccc78)c56)c43)c2)cc1. The lowest BCUT2D eigenvalue weighted by Crippen LogP contribution is -1.99. The molecule has 0 atom stereocenters.